The van der Waals surface area contributed by atoms with Crippen molar-refractivity contribution in [1.82, 2.24) is 34.8 Å². The zero-order valence-corrected chi connectivity index (χ0v) is 19.2. The van der Waals surface area contributed by atoms with E-state index in [2.05, 4.69) is 50.1 Å². The minimum atomic E-state index is 0.461. The smallest absolute Gasteiger partial charge is 0.229 e. The summed E-state index contributed by atoms with van der Waals surface area (Å²) >= 11 is 6.10. The third-order valence-corrected chi connectivity index (χ3v) is 5.79. The van der Waals surface area contributed by atoms with Crippen LogP contribution in [0, 0.1) is 0 Å². The van der Waals surface area contributed by atoms with Crippen molar-refractivity contribution in [1.29, 1.82) is 0 Å². The van der Waals surface area contributed by atoms with E-state index < -0.39 is 0 Å². The highest BCUT2D eigenvalue weighted by Gasteiger charge is 2.19. The molecule has 10 heteroatoms. The van der Waals surface area contributed by atoms with E-state index in [0.29, 0.717) is 28.9 Å². The molecule has 1 saturated heterocycles. The number of piperazine rings is 1. The quantitative estimate of drug-likeness (QED) is 0.358. The molecule has 33 heavy (non-hydrogen) atoms. The van der Waals surface area contributed by atoms with Crippen molar-refractivity contribution >= 4 is 51.3 Å². The first kappa shape index (κ1) is 21.4. The predicted molar refractivity (Wildman–Crippen MR) is 134 cm³/mol. The topological polar surface area (TPSA) is 99.6 Å². The van der Waals surface area contributed by atoms with Gasteiger partial charge in [0.05, 0.1) is 17.6 Å². The molecule has 0 radical (unpaired) electrons. The summed E-state index contributed by atoms with van der Waals surface area (Å²) < 4.78 is 1.91. The van der Waals surface area contributed by atoms with Crippen LogP contribution in [0.5, 0.6) is 0 Å². The molecule has 0 saturated carbocycles. The van der Waals surface area contributed by atoms with E-state index in [9.17, 15) is 0 Å². The molecule has 0 unspecified atom stereocenters. The van der Waals surface area contributed by atoms with Crippen molar-refractivity contribution in [3.05, 3.63) is 54.1 Å². The molecule has 1 aliphatic heterocycles. The molecule has 4 heterocycles. The summed E-state index contributed by atoms with van der Waals surface area (Å²) in [7, 11) is 0. The van der Waals surface area contributed by atoms with Crippen LogP contribution in [-0.2, 0) is 6.54 Å². The fourth-order valence-corrected chi connectivity index (χ4v) is 4.01. The molecule has 9 nitrogen and oxygen atoms in total. The zero-order valence-electron chi connectivity index (χ0n) is 18.5. The lowest BCUT2D eigenvalue weighted by Crippen LogP contribution is -2.44. The molecule has 5 rings (SSSR count). The van der Waals surface area contributed by atoms with Crippen molar-refractivity contribution in [2.24, 2.45) is 0 Å². The highest BCUT2D eigenvalue weighted by Crippen LogP contribution is 2.26. The first-order chi connectivity index (χ1) is 16.1. The van der Waals surface area contributed by atoms with Crippen molar-refractivity contribution in [2.75, 3.05) is 36.4 Å². The Bertz CT molecular complexity index is 1330. The molecule has 0 bridgehead atoms. The van der Waals surface area contributed by atoms with E-state index in [-0.39, 0.29) is 0 Å². The van der Waals surface area contributed by atoms with Crippen LogP contribution in [0.4, 0.5) is 11.8 Å². The van der Waals surface area contributed by atoms with E-state index in [0.717, 1.165) is 60.8 Å². The Hall–Kier alpha value is -3.43. The third kappa shape index (κ3) is 4.42. The SMILES string of the molecule is C=C(/C=C\CC)n1cnc2c(NCc3nc4cc(Cl)ccc4[nH]3)nc(N3CCNCC3)nc21. The van der Waals surface area contributed by atoms with Crippen LogP contribution in [0.3, 0.4) is 0 Å². The number of imidazole rings is 2. The fourth-order valence-electron chi connectivity index (χ4n) is 3.85. The molecular weight excluding hydrogens is 438 g/mol. The molecule has 0 amide bonds. The summed E-state index contributed by atoms with van der Waals surface area (Å²) in [4.78, 5) is 24.4. The lowest BCUT2D eigenvalue weighted by atomic mass is 10.3. The second kappa shape index (κ2) is 9.21. The number of anilines is 2. The van der Waals surface area contributed by atoms with Gasteiger partial charge < -0.3 is 20.5 Å². The van der Waals surface area contributed by atoms with Crippen LogP contribution in [0.15, 0.2) is 43.3 Å². The Balaban J connectivity index is 1.50. The lowest BCUT2D eigenvalue weighted by molar-refractivity contribution is 0.580. The summed E-state index contributed by atoms with van der Waals surface area (Å²) in [5, 5.41) is 7.44. The molecule has 0 atom stereocenters. The van der Waals surface area contributed by atoms with Gasteiger partial charge >= 0.3 is 0 Å². The molecule has 4 aromatic rings. The van der Waals surface area contributed by atoms with Crippen LogP contribution in [-0.4, -0.2) is 55.7 Å². The number of aromatic amines is 1. The number of halogens is 1. The van der Waals surface area contributed by atoms with Crippen molar-refractivity contribution in [2.45, 2.75) is 19.9 Å². The number of nitrogens with one attached hydrogen (secondary N) is 3. The summed E-state index contributed by atoms with van der Waals surface area (Å²) in [5.74, 6) is 2.13. The van der Waals surface area contributed by atoms with Crippen LogP contribution < -0.4 is 15.5 Å². The first-order valence-electron chi connectivity index (χ1n) is 11.1. The van der Waals surface area contributed by atoms with Crippen molar-refractivity contribution < 1.29 is 0 Å². The Morgan fingerprint density at radius 1 is 1.24 bits per heavy atom. The van der Waals surface area contributed by atoms with Gasteiger partial charge in [-0.15, -0.1) is 0 Å². The minimum Gasteiger partial charge on any atom is -0.361 e. The Morgan fingerprint density at radius 3 is 2.91 bits per heavy atom. The van der Waals surface area contributed by atoms with Gasteiger partial charge in [0, 0.05) is 36.9 Å². The summed E-state index contributed by atoms with van der Waals surface area (Å²) in [5.41, 5.74) is 4.00. The Labute approximate surface area is 196 Å². The van der Waals surface area contributed by atoms with Gasteiger partial charge in [0.25, 0.3) is 0 Å². The molecule has 3 N–H and O–H groups in total. The first-order valence-corrected chi connectivity index (χ1v) is 11.4. The van der Waals surface area contributed by atoms with Crippen LogP contribution in [0.1, 0.15) is 19.2 Å². The van der Waals surface area contributed by atoms with Gasteiger partial charge in [-0.3, -0.25) is 4.57 Å². The summed E-state index contributed by atoms with van der Waals surface area (Å²) in [6.45, 7) is 10.2. The average Bonchev–Trinajstić information content (AvgIpc) is 3.45. The van der Waals surface area contributed by atoms with Gasteiger partial charge in [-0.25, -0.2) is 9.97 Å². The van der Waals surface area contributed by atoms with E-state index >= 15 is 0 Å². The Morgan fingerprint density at radius 2 is 2.09 bits per heavy atom. The largest absolute Gasteiger partial charge is 0.361 e. The number of H-pyrrole nitrogens is 1. The number of aromatic nitrogens is 6. The number of rotatable bonds is 7. The van der Waals surface area contributed by atoms with Crippen molar-refractivity contribution in [3.8, 4) is 0 Å². The molecule has 3 aromatic heterocycles. The molecule has 1 fully saturated rings. The number of hydrogen-bond donors (Lipinski definition) is 3. The van der Waals surface area contributed by atoms with Gasteiger partial charge in [-0.2, -0.15) is 9.97 Å². The summed E-state index contributed by atoms with van der Waals surface area (Å²) in [6.07, 6.45) is 6.74. The molecule has 0 spiro atoms. The van der Waals surface area contributed by atoms with Crippen LogP contribution in [0.25, 0.3) is 27.9 Å². The zero-order chi connectivity index (χ0) is 22.8. The van der Waals surface area contributed by atoms with Gasteiger partial charge in [-0.05, 0) is 30.7 Å². The Kier molecular flexibility index (Phi) is 5.97. The minimum absolute atomic E-state index is 0.461. The number of allylic oxidation sites excluding steroid dienone is 3. The van der Waals surface area contributed by atoms with Gasteiger partial charge in [-0.1, -0.05) is 31.2 Å². The lowest BCUT2D eigenvalue weighted by Gasteiger charge is -2.27. The molecule has 1 aromatic carbocycles. The standard InChI is InChI=1S/C23H26ClN9/c1-3-4-5-15(2)33-14-27-20-21(30-23(31-22(20)33)32-10-8-25-9-11-32)26-13-19-28-17-7-6-16(24)12-18(17)29-19/h4-7,12,14,25H,2-3,8-11,13H2,1H3,(H,28,29)(H,26,30,31)/b5-4-. The number of nitrogens with zero attached hydrogens (tertiary/aromatic N) is 6. The van der Waals surface area contributed by atoms with E-state index in [1.54, 1.807) is 6.33 Å². The average molecular weight is 464 g/mol. The van der Waals surface area contributed by atoms with E-state index in [1.807, 2.05) is 28.8 Å². The number of hydrogen-bond acceptors (Lipinski definition) is 7. The predicted octanol–water partition coefficient (Wildman–Crippen LogP) is 3.81. The highest BCUT2D eigenvalue weighted by atomic mass is 35.5. The third-order valence-electron chi connectivity index (χ3n) is 5.56. The van der Waals surface area contributed by atoms with Crippen molar-refractivity contribution in [3.63, 3.8) is 0 Å². The van der Waals surface area contributed by atoms with E-state index in [4.69, 9.17) is 21.6 Å². The number of fused-ring (bicyclic) bond motifs is 2. The number of benzene rings is 1. The van der Waals surface area contributed by atoms with Gasteiger partial charge in [0.2, 0.25) is 5.95 Å². The van der Waals surface area contributed by atoms with E-state index in [1.165, 1.54) is 0 Å². The van der Waals surface area contributed by atoms with Gasteiger partial charge in [0.1, 0.15) is 12.2 Å². The maximum Gasteiger partial charge on any atom is 0.229 e. The highest BCUT2D eigenvalue weighted by molar-refractivity contribution is 6.31. The molecule has 170 valence electrons. The fraction of sp³-hybridized carbons (Fsp3) is 0.304. The van der Waals surface area contributed by atoms with Crippen LogP contribution in [0.2, 0.25) is 5.02 Å². The second-order valence-electron chi connectivity index (χ2n) is 7.90. The maximum absolute atomic E-state index is 6.10. The monoisotopic (exact) mass is 463 g/mol. The summed E-state index contributed by atoms with van der Waals surface area (Å²) in [6, 6.07) is 5.62. The normalized spacial score (nSPS) is 14.5. The molecule has 1 aliphatic rings. The molecular formula is C23H26ClN9. The molecule has 0 aliphatic carbocycles. The van der Waals surface area contributed by atoms with Gasteiger partial charge in [0.15, 0.2) is 17.0 Å². The maximum atomic E-state index is 6.10. The second-order valence-corrected chi connectivity index (χ2v) is 8.33. The van der Waals surface area contributed by atoms with Crippen LogP contribution >= 0.6 is 11.6 Å².